The second kappa shape index (κ2) is 8.66. The van der Waals surface area contributed by atoms with Crippen molar-refractivity contribution in [2.24, 2.45) is 0 Å². The summed E-state index contributed by atoms with van der Waals surface area (Å²) in [7, 11) is 0. The van der Waals surface area contributed by atoms with Gasteiger partial charge in [-0.15, -0.1) is 5.10 Å². The number of benzene rings is 2. The summed E-state index contributed by atoms with van der Waals surface area (Å²) in [6, 6.07) is 13.0. The second-order valence-electron chi connectivity index (χ2n) is 7.56. The molecule has 2 amide bonds. The number of ether oxygens (including phenoxy) is 1. The zero-order chi connectivity index (χ0) is 22.6. The van der Waals surface area contributed by atoms with Gasteiger partial charge in [-0.1, -0.05) is 5.21 Å². The summed E-state index contributed by atoms with van der Waals surface area (Å²) in [5.41, 5.74) is 1.28. The van der Waals surface area contributed by atoms with Crippen LogP contribution >= 0.6 is 0 Å². The van der Waals surface area contributed by atoms with Crippen molar-refractivity contribution < 1.29 is 24.2 Å². The Kier molecular flexibility index (Phi) is 6.00. The molecule has 0 unspecified atom stereocenters. The molecule has 1 aromatic heterocycles. The first-order valence-electron chi connectivity index (χ1n) is 9.28. The molecule has 0 aliphatic rings. The molecule has 0 bridgehead atoms. The molecule has 0 atom stereocenters. The number of nitrogens with one attached hydrogen (secondary N) is 2. The first-order chi connectivity index (χ1) is 14.6. The van der Waals surface area contributed by atoms with E-state index in [1.54, 1.807) is 69.3 Å². The van der Waals surface area contributed by atoms with E-state index in [2.05, 4.69) is 20.9 Å². The Morgan fingerprint density at radius 3 is 2.06 bits per heavy atom. The van der Waals surface area contributed by atoms with Gasteiger partial charge in [-0.2, -0.15) is 0 Å². The molecule has 31 heavy (non-hydrogen) atoms. The number of amides is 2. The molecule has 10 heteroatoms. The Bertz CT molecular complexity index is 1100. The van der Waals surface area contributed by atoms with Crippen molar-refractivity contribution in [3.8, 4) is 5.69 Å². The van der Waals surface area contributed by atoms with Gasteiger partial charge in [0.15, 0.2) is 5.69 Å². The first kappa shape index (κ1) is 21.5. The monoisotopic (exact) mass is 423 g/mol. The van der Waals surface area contributed by atoms with Gasteiger partial charge in [0, 0.05) is 16.9 Å². The van der Waals surface area contributed by atoms with Gasteiger partial charge in [0.05, 0.1) is 11.9 Å². The minimum atomic E-state index is -1.16. The highest BCUT2D eigenvalue weighted by atomic mass is 16.6. The van der Waals surface area contributed by atoms with Crippen molar-refractivity contribution in [3.63, 3.8) is 0 Å². The molecule has 0 saturated heterocycles. The van der Waals surface area contributed by atoms with E-state index in [0.29, 0.717) is 22.6 Å². The normalized spacial score (nSPS) is 10.9. The summed E-state index contributed by atoms with van der Waals surface area (Å²) >= 11 is 0. The standard InChI is InChI=1S/C21H21N5O5/c1-21(2,3)31-20(30)23-15-6-4-13(5-7-15)18(27)22-14-8-10-16(11-9-14)26-12-17(19(28)29)24-25-26/h4-12H,1-3H3,(H,22,27)(H,23,30)(H,28,29). The number of aromatic nitrogens is 3. The summed E-state index contributed by atoms with van der Waals surface area (Å²) < 4.78 is 6.51. The summed E-state index contributed by atoms with van der Waals surface area (Å²) in [4.78, 5) is 35.1. The first-order valence-corrected chi connectivity index (χ1v) is 9.28. The van der Waals surface area contributed by atoms with Crippen LogP contribution in [0.4, 0.5) is 16.2 Å². The van der Waals surface area contributed by atoms with E-state index < -0.39 is 17.7 Å². The molecular weight excluding hydrogens is 402 g/mol. The molecular formula is C21H21N5O5. The van der Waals surface area contributed by atoms with E-state index in [4.69, 9.17) is 9.84 Å². The molecule has 0 fully saturated rings. The summed E-state index contributed by atoms with van der Waals surface area (Å²) in [6.07, 6.45) is 0.718. The molecule has 0 aliphatic carbocycles. The van der Waals surface area contributed by atoms with Gasteiger partial charge in [-0.25, -0.2) is 14.3 Å². The summed E-state index contributed by atoms with van der Waals surface area (Å²) in [5, 5.41) is 21.6. The minimum Gasteiger partial charge on any atom is -0.476 e. The molecule has 0 radical (unpaired) electrons. The number of rotatable bonds is 5. The maximum atomic E-state index is 12.5. The lowest BCUT2D eigenvalue weighted by Gasteiger charge is -2.19. The van der Waals surface area contributed by atoms with Crippen LogP contribution in [0.1, 0.15) is 41.6 Å². The number of aromatic carboxylic acids is 1. The van der Waals surface area contributed by atoms with Gasteiger partial charge >= 0.3 is 12.1 Å². The van der Waals surface area contributed by atoms with Crippen LogP contribution in [0.3, 0.4) is 0 Å². The van der Waals surface area contributed by atoms with Crippen LogP contribution < -0.4 is 10.6 Å². The van der Waals surface area contributed by atoms with Crippen LogP contribution in [-0.2, 0) is 4.74 Å². The Morgan fingerprint density at radius 1 is 0.935 bits per heavy atom. The fraction of sp³-hybridized carbons (Fsp3) is 0.190. The van der Waals surface area contributed by atoms with Crippen molar-refractivity contribution in [2.45, 2.75) is 26.4 Å². The number of anilines is 2. The van der Waals surface area contributed by atoms with E-state index in [1.165, 1.54) is 10.9 Å². The van der Waals surface area contributed by atoms with Crippen molar-refractivity contribution in [1.82, 2.24) is 15.0 Å². The molecule has 2 aromatic carbocycles. The molecule has 0 aliphatic heterocycles. The summed E-state index contributed by atoms with van der Waals surface area (Å²) in [6.45, 7) is 5.31. The Labute approximate surface area is 177 Å². The van der Waals surface area contributed by atoms with Crippen molar-refractivity contribution in [1.29, 1.82) is 0 Å². The SMILES string of the molecule is CC(C)(C)OC(=O)Nc1ccc(C(=O)Nc2ccc(-n3cc(C(=O)O)nn3)cc2)cc1. The predicted molar refractivity (Wildman–Crippen MR) is 113 cm³/mol. The zero-order valence-corrected chi connectivity index (χ0v) is 17.1. The van der Waals surface area contributed by atoms with Gasteiger partial charge in [0.2, 0.25) is 0 Å². The number of hydrogen-bond donors (Lipinski definition) is 3. The quantitative estimate of drug-likeness (QED) is 0.571. The third-order valence-electron chi connectivity index (χ3n) is 3.89. The number of carbonyl (C=O) groups is 3. The maximum Gasteiger partial charge on any atom is 0.412 e. The molecule has 160 valence electrons. The third-order valence-corrected chi connectivity index (χ3v) is 3.89. The molecule has 10 nitrogen and oxygen atoms in total. The Morgan fingerprint density at radius 2 is 1.52 bits per heavy atom. The van der Waals surface area contributed by atoms with Crippen LogP contribution in [0.5, 0.6) is 0 Å². The molecule has 3 N–H and O–H groups in total. The van der Waals surface area contributed by atoms with Crippen molar-refractivity contribution in [2.75, 3.05) is 10.6 Å². The van der Waals surface area contributed by atoms with Gasteiger partial charge in [0.1, 0.15) is 5.60 Å². The highest BCUT2D eigenvalue weighted by Gasteiger charge is 2.16. The van der Waals surface area contributed by atoms with Crippen LogP contribution in [0.15, 0.2) is 54.7 Å². The highest BCUT2D eigenvalue weighted by Crippen LogP contribution is 2.16. The zero-order valence-electron chi connectivity index (χ0n) is 17.1. The van der Waals surface area contributed by atoms with Crippen molar-refractivity contribution >= 4 is 29.3 Å². The van der Waals surface area contributed by atoms with Crippen LogP contribution in [-0.4, -0.2) is 43.7 Å². The highest BCUT2D eigenvalue weighted by molar-refractivity contribution is 6.04. The maximum absolute atomic E-state index is 12.5. The van der Waals surface area contributed by atoms with Gasteiger partial charge in [-0.3, -0.25) is 10.1 Å². The Hall–Kier alpha value is -4.21. The van der Waals surface area contributed by atoms with E-state index in [1.807, 2.05) is 0 Å². The average Bonchev–Trinajstić information content (AvgIpc) is 3.18. The lowest BCUT2D eigenvalue weighted by atomic mass is 10.2. The van der Waals surface area contributed by atoms with Gasteiger partial charge in [0.25, 0.3) is 5.91 Å². The van der Waals surface area contributed by atoms with Crippen molar-refractivity contribution in [3.05, 3.63) is 66.0 Å². The number of carbonyl (C=O) groups excluding carboxylic acids is 2. The smallest absolute Gasteiger partial charge is 0.412 e. The lowest BCUT2D eigenvalue weighted by Crippen LogP contribution is -2.27. The van der Waals surface area contributed by atoms with Crippen LogP contribution in [0.25, 0.3) is 5.69 Å². The molecule has 3 aromatic rings. The number of hydrogen-bond acceptors (Lipinski definition) is 6. The lowest BCUT2D eigenvalue weighted by molar-refractivity contribution is 0.0633. The predicted octanol–water partition coefficient (Wildman–Crippen LogP) is 3.56. The average molecular weight is 423 g/mol. The number of carboxylic acid groups (broad SMARTS) is 1. The van der Waals surface area contributed by atoms with E-state index in [9.17, 15) is 14.4 Å². The van der Waals surface area contributed by atoms with Crippen LogP contribution in [0.2, 0.25) is 0 Å². The fourth-order valence-electron chi connectivity index (χ4n) is 2.52. The van der Waals surface area contributed by atoms with E-state index in [-0.39, 0.29) is 11.6 Å². The van der Waals surface area contributed by atoms with Gasteiger partial charge < -0.3 is 15.2 Å². The van der Waals surface area contributed by atoms with Crippen LogP contribution in [0, 0.1) is 0 Å². The summed E-state index contributed by atoms with van der Waals surface area (Å²) in [5.74, 6) is -1.49. The molecule has 0 saturated carbocycles. The minimum absolute atomic E-state index is 0.165. The number of carboxylic acids is 1. The topological polar surface area (TPSA) is 135 Å². The molecule has 1 heterocycles. The van der Waals surface area contributed by atoms with Gasteiger partial charge in [-0.05, 0) is 69.3 Å². The molecule has 0 spiro atoms. The molecule has 3 rings (SSSR count). The Balaban J connectivity index is 1.60. The second-order valence-corrected chi connectivity index (χ2v) is 7.56. The largest absolute Gasteiger partial charge is 0.476 e. The number of nitrogens with zero attached hydrogens (tertiary/aromatic N) is 3. The van der Waals surface area contributed by atoms with E-state index in [0.717, 1.165) is 0 Å². The third kappa shape index (κ3) is 5.89. The van der Waals surface area contributed by atoms with E-state index >= 15 is 0 Å². The fourth-order valence-corrected chi connectivity index (χ4v) is 2.52.